The summed E-state index contributed by atoms with van der Waals surface area (Å²) in [5, 5.41) is 15.5. The molecule has 0 aliphatic rings. The van der Waals surface area contributed by atoms with E-state index in [2.05, 4.69) is 26.1 Å². The second-order valence-electron chi connectivity index (χ2n) is 8.73. The highest BCUT2D eigenvalue weighted by molar-refractivity contribution is 5.94. The first-order valence-corrected chi connectivity index (χ1v) is 12.2. The number of H-pyrrole nitrogens is 1. The van der Waals surface area contributed by atoms with E-state index in [9.17, 15) is 18.4 Å². The third-order valence-corrected chi connectivity index (χ3v) is 5.76. The number of aromatic nitrogens is 2. The Hall–Kier alpha value is -4.73. The number of nitrogens with one attached hydrogen (secondary N) is 4. The number of amides is 2. The minimum atomic E-state index is -0.663. The fourth-order valence-corrected chi connectivity index (χ4v) is 3.81. The molecule has 0 fully saturated rings. The smallest absolute Gasteiger partial charge is 0.269 e. The average Bonchev–Trinajstić information content (AvgIpc) is 3.38. The molecule has 196 valence electrons. The van der Waals surface area contributed by atoms with Crippen LogP contribution in [0, 0.1) is 11.6 Å². The van der Waals surface area contributed by atoms with Gasteiger partial charge in [-0.05, 0) is 55.3 Å². The van der Waals surface area contributed by atoms with E-state index in [4.69, 9.17) is 5.73 Å². The lowest BCUT2D eigenvalue weighted by Gasteiger charge is -2.08. The maximum absolute atomic E-state index is 13.4. The fraction of sp³-hybridized carbons (Fsp3) is 0.179. The second kappa shape index (κ2) is 12.5. The Bertz CT molecular complexity index is 1380. The van der Waals surface area contributed by atoms with E-state index in [-0.39, 0.29) is 11.8 Å². The van der Waals surface area contributed by atoms with Gasteiger partial charge in [-0.2, -0.15) is 5.10 Å². The van der Waals surface area contributed by atoms with Gasteiger partial charge in [0.2, 0.25) is 5.91 Å². The Morgan fingerprint density at radius 1 is 0.868 bits per heavy atom. The van der Waals surface area contributed by atoms with Crippen LogP contribution in [0.3, 0.4) is 0 Å². The van der Waals surface area contributed by atoms with Crippen LogP contribution in [-0.2, 0) is 4.79 Å². The number of nitrogens with zero attached hydrogens (tertiary/aromatic N) is 1. The van der Waals surface area contributed by atoms with Gasteiger partial charge in [-0.1, -0.05) is 30.7 Å². The topological polar surface area (TPSA) is 125 Å². The van der Waals surface area contributed by atoms with Gasteiger partial charge in [0.15, 0.2) is 0 Å². The Labute approximate surface area is 218 Å². The van der Waals surface area contributed by atoms with Crippen molar-refractivity contribution < 1.29 is 18.4 Å². The van der Waals surface area contributed by atoms with Gasteiger partial charge < -0.3 is 21.7 Å². The van der Waals surface area contributed by atoms with E-state index < -0.39 is 11.6 Å². The molecule has 0 atom stereocenters. The highest BCUT2D eigenvalue weighted by Crippen LogP contribution is 2.23. The summed E-state index contributed by atoms with van der Waals surface area (Å²) in [6, 6.07) is 19.1. The number of nitrogen functional groups attached to an aromatic ring is 1. The van der Waals surface area contributed by atoms with Gasteiger partial charge in [0, 0.05) is 36.0 Å². The summed E-state index contributed by atoms with van der Waals surface area (Å²) in [5.41, 5.74) is 9.60. The molecule has 2 amide bonds. The fourth-order valence-electron chi connectivity index (χ4n) is 3.81. The van der Waals surface area contributed by atoms with Crippen molar-refractivity contribution in [2.75, 3.05) is 22.9 Å². The second-order valence-corrected chi connectivity index (χ2v) is 8.73. The molecule has 0 saturated heterocycles. The Morgan fingerprint density at radius 3 is 2.34 bits per heavy atom. The molecule has 0 unspecified atom stereocenters. The third kappa shape index (κ3) is 7.39. The number of unbranched alkanes of at least 4 members (excludes halogenated alkanes) is 2. The van der Waals surface area contributed by atoms with Crippen LogP contribution in [0.2, 0.25) is 0 Å². The van der Waals surface area contributed by atoms with Crippen molar-refractivity contribution in [3.8, 4) is 11.3 Å². The molecular formula is C28H28F2N6O2. The minimum absolute atomic E-state index is 0.0939. The van der Waals surface area contributed by atoms with Crippen LogP contribution in [0.4, 0.5) is 31.5 Å². The van der Waals surface area contributed by atoms with E-state index in [0.717, 1.165) is 24.5 Å². The largest absolute Gasteiger partial charge is 0.397 e. The summed E-state index contributed by atoms with van der Waals surface area (Å²) in [6.07, 6.45) is 2.59. The first kappa shape index (κ1) is 26.3. The summed E-state index contributed by atoms with van der Waals surface area (Å²) in [6.45, 7) is 0.474. The SMILES string of the molecule is Nc1ccccc1NC(=O)CCCCCNC(=O)c1cc(-c2ccc(Nc3cc(F)cc(F)c3)cc2)n[nH]1. The van der Waals surface area contributed by atoms with Crippen molar-refractivity contribution in [2.45, 2.75) is 25.7 Å². The van der Waals surface area contributed by atoms with Crippen molar-refractivity contribution in [3.63, 3.8) is 0 Å². The zero-order chi connectivity index (χ0) is 26.9. The van der Waals surface area contributed by atoms with E-state index in [1.807, 2.05) is 6.07 Å². The number of halogens is 2. The van der Waals surface area contributed by atoms with Crippen LogP contribution in [0.5, 0.6) is 0 Å². The van der Waals surface area contributed by atoms with Gasteiger partial charge >= 0.3 is 0 Å². The summed E-state index contributed by atoms with van der Waals surface area (Å²) in [4.78, 5) is 24.5. The monoisotopic (exact) mass is 518 g/mol. The Balaban J connectivity index is 1.18. The molecule has 10 heteroatoms. The number of aromatic amines is 1. The van der Waals surface area contributed by atoms with Crippen molar-refractivity contribution >= 4 is 34.6 Å². The lowest BCUT2D eigenvalue weighted by atomic mass is 10.1. The molecule has 38 heavy (non-hydrogen) atoms. The van der Waals surface area contributed by atoms with Gasteiger partial charge in [0.1, 0.15) is 17.3 Å². The van der Waals surface area contributed by atoms with Crippen LogP contribution in [0.1, 0.15) is 36.2 Å². The van der Waals surface area contributed by atoms with Crippen LogP contribution in [0.25, 0.3) is 11.3 Å². The summed E-state index contributed by atoms with van der Waals surface area (Å²) >= 11 is 0. The molecule has 0 aliphatic carbocycles. The average molecular weight is 519 g/mol. The quantitative estimate of drug-likeness (QED) is 0.130. The van der Waals surface area contributed by atoms with E-state index in [1.54, 1.807) is 48.5 Å². The molecule has 6 N–H and O–H groups in total. The number of anilines is 4. The molecule has 8 nitrogen and oxygen atoms in total. The van der Waals surface area contributed by atoms with Gasteiger partial charge in [0.25, 0.3) is 5.91 Å². The lowest BCUT2D eigenvalue weighted by Crippen LogP contribution is -2.24. The lowest BCUT2D eigenvalue weighted by molar-refractivity contribution is -0.116. The summed E-state index contributed by atoms with van der Waals surface area (Å²) in [5.74, 6) is -1.69. The first-order valence-electron chi connectivity index (χ1n) is 12.2. The molecule has 0 bridgehead atoms. The third-order valence-electron chi connectivity index (χ3n) is 5.76. The van der Waals surface area contributed by atoms with Gasteiger partial charge in [-0.25, -0.2) is 8.78 Å². The number of para-hydroxylation sites is 2. The number of hydrogen-bond acceptors (Lipinski definition) is 5. The molecule has 3 aromatic carbocycles. The molecule has 4 rings (SSSR count). The summed E-state index contributed by atoms with van der Waals surface area (Å²) in [7, 11) is 0. The molecule has 0 saturated carbocycles. The molecule has 0 spiro atoms. The number of benzene rings is 3. The predicted molar refractivity (Wildman–Crippen MR) is 144 cm³/mol. The van der Waals surface area contributed by atoms with Crippen LogP contribution >= 0.6 is 0 Å². The van der Waals surface area contributed by atoms with Gasteiger partial charge in [0.05, 0.1) is 17.1 Å². The van der Waals surface area contributed by atoms with Crippen molar-refractivity contribution in [1.29, 1.82) is 0 Å². The van der Waals surface area contributed by atoms with Crippen molar-refractivity contribution in [3.05, 3.63) is 90.1 Å². The van der Waals surface area contributed by atoms with Gasteiger partial charge in [-0.15, -0.1) is 0 Å². The normalized spacial score (nSPS) is 10.7. The Kier molecular flexibility index (Phi) is 8.65. The number of hydrogen-bond donors (Lipinski definition) is 5. The van der Waals surface area contributed by atoms with Crippen molar-refractivity contribution in [1.82, 2.24) is 15.5 Å². The van der Waals surface area contributed by atoms with E-state index in [0.29, 0.717) is 53.5 Å². The molecule has 4 aromatic rings. The highest BCUT2D eigenvalue weighted by atomic mass is 19.1. The molecule has 0 aliphatic heterocycles. The standard InChI is InChI=1S/C28H28F2N6O2/c29-19-14-20(30)16-22(15-19)33-21-11-9-18(10-12-21)25-17-26(36-35-25)28(38)32-13-5-1-2-8-27(37)34-24-7-4-3-6-23(24)31/h3-4,6-7,9-12,14-17,33H,1-2,5,8,13,31H2,(H,32,38)(H,34,37)(H,35,36). The zero-order valence-electron chi connectivity index (χ0n) is 20.6. The highest BCUT2D eigenvalue weighted by Gasteiger charge is 2.11. The number of carbonyl (C=O) groups is 2. The van der Waals surface area contributed by atoms with E-state index in [1.165, 1.54) is 12.1 Å². The van der Waals surface area contributed by atoms with Gasteiger partial charge in [-0.3, -0.25) is 14.7 Å². The number of nitrogens with two attached hydrogens (primary N) is 1. The van der Waals surface area contributed by atoms with Crippen molar-refractivity contribution in [2.24, 2.45) is 0 Å². The molecule has 1 aromatic heterocycles. The number of rotatable bonds is 11. The molecule has 0 radical (unpaired) electrons. The van der Waals surface area contributed by atoms with E-state index >= 15 is 0 Å². The molecular weight excluding hydrogens is 490 g/mol. The Morgan fingerprint density at radius 2 is 1.61 bits per heavy atom. The number of carbonyl (C=O) groups excluding carboxylic acids is 2. The molecule has 1 heterocycles. The maximum Gasteiger partial charge on any atom is 0.269 e. The zero-order valence-corrected chi connectivity index (χ0v) is 20.6. The minimum Gasteiger partial charge on any atom is -0.397 e. The predicted octanol–water partition coefficient (Wildman–Crippen LogP) is 5.61. The maximum atomic E-state index is 13.4. The van der Waals surface area contributed by atoms with Crippen LogP contribution < -0.4 is 21.7 Å². The summed E-state index contributed by atoms with van der Waals surface area (Å²) < 4.78 is 26.8. The van der Waals surface area contributed by atoms with Crippen LogP contribution in [-0.4, -0.2) is 28.6 Å². The first-order chi connectivity index (χ1) is 18.4. The van der Waals surface area contributed by atoms with Crippen LogP contribution in [0.15, 0.2) is 72.8 Å².